The number of Topliss-reactive ketones (excluding diaryl/α,β-unsaturated/α-hetero) is 1. The molecular weight excluding hydrogens is 209 g/mol. The molecule has 1 N–H and O–H groups in total. The lowest BCUT2D eigenvalue weighted by Gasteiger charge is -2.07. The number of halogens is 1. The molecule has 1 rings (SSSR count). The van der Waals surface area contributed by atoms with Gasteiger partial charge >= 0.3 is 0 Å². The fraction of sp³-hybridized carbons (Fsp3) is 0.417. The standard InChI is InChI=1S/C12H16FNO2/c1-3-14-7-6-11(15)10-8-9(13)4-5-12(10)16-2/h4-5,8,14H,3,6-7H2,1-2H3. The van der Waals surface area contributed by atoms with Crippen molar-refractivity contribution in [1.82, 2.24) is 5.32 Å². The summed E-state index contributed by atoms with van der Waals surface area (Å²) in [5.74, 6) is -0.118. The van der Waals surface area contributed by atoms with Gasteiger partial charge in [-0.2, -0.15) is 0 Å². The lowest BCUT2D eigenvalue weighted by molar-refractivity contribution is 0.0979. The zero-order chi connectivity index (χ0) is 12.0. The molecule has 88 valence electrons. The number of ketones is 1. The minimum Gasteiger partial charge on any atom is -0.496 e. The third kappa shape index (κ3) is 3.31. The van der Waals surface area contributed by atoms with Crippen LogP contribution >= 0.6 is 0 Å². The molecule has 0 radical (unpaired) electrons. The molecule has 0 aromatic heterocycles. The molecule has 0 saturated heterocycles. The number of hydrogen-bond donors (Lipinski definition) is 1. The molecule has 4 heteroatoms. The van der Waals surface area contributed by atoms with Gasteiger partial charge in [-0.3, -0.25) is 4.79 Å². The van der Waals surface area contributed by atoms with Gasteiger partial charge in [0.2, 0.25) is 0 Å². The van der Waals surface area contributed by atoms with Gasteiger partial charge in [-0.15, -0.1) is 0 Å². The topological polar surface area (TPSA) is 38.3 Å². The summed E-state index contributed by atoms with van der Waals surface area (Å²) in [6.07, 6.45) is 0.341. The highest BCUT2D eigenvalue weighted by molar-refractivity contribution is 5.98. The number of nitrogens with one attached hydrogen (secondary N) is 1. The Kier molecular flexibility index (Phi) is 4.92. The van der Waals surface area contributed by atoms with Gasteiger partial charge in [0, 0.05) is 13.0 Å². The van der Waals surface area contributed by atoms with Crippen molar-refractivity contribution in [1.29, 1.82) is 0 Å². The molecule has 16 heavy (non-hydrogen) atoms. The smallest absolute Gasteiger partial charge is 0.167 e. The highest BCUT2D eigenvalue weighted by Crippen LogP contribution is 2.20. The van der Waals surface area contributed by atoms with E-state index in [4.69, 9.17) is 4.74 Å². The molecule has 0 heterocycles. The van der Waals surface area contributed by atoms with Crippen LogP contribution in [0, 0.1) is 5.82 Å². The van der Waals surface area contributed by atoms with Crippen LogP contribution in [0.2, 0.25) is 0 Å². The first-order valence-corrected chi connectivity index (χ1v) is 5.26. The van der Waals surface area contributed by atoms with Gasteiger partial charge in [0.05, 0.1) is 12.7 Å². The third-order valence-electron chi connectivity index (χ3n) is 2.24. The minimum atomic E-state index is -0.424. The zero-order valence-corrected chi connectivity index (χ0v) is 9.55. The summed E-state index contributed by atoms with van der Waals surface area (Å²) >= 11 is 0. The number of hydrogen-bond acceptors (Lipinski definition) is 3. The maximum atomic E-state index is 13.0. The molecule has 0 unspecified atom stereocenters. The quantitative estimate of drug-likeness (QED) is 0.594. The fourth-order valence-corrected chi connectivity index (χ4v) is 1.41. The molecule has 0 fully saturated rings. The molecular formula is C12H16FNO2. The Balaban J connectivity index is 2.76. The molecule has 0 aliphatic heterocycles. The Bertz CT molecular complexity index is 366. The van der Waals surface area contributed by atoms with Crippen molar-refractivity contribution in [3.8, 4) is 5.75 Å². The number of benzene rings is 1. The summed E-state index contributed by atoms with van der Waals surface area (Å²) in [4.78, 5) is 11.8. The Hall–Kier alpha value is -1.42. The van der Waals surface area contributed by atoms with E-state index in [0.717, 1.165) is 6.54 Å². The Morgan fingerprint density at radius 3 is 2.88 bits per heavy atom. The molecule has 0 bridgehead atoms. The Morgan fingerprint density at radius 2 is 2.25 bits per heavy atom. The molecule has 0 aliphatic carbocycles. The van der Waals surface area contributed by atoms with E-state index < -0.39 is 5.82 Å². The SMILES string of the molecule is CCNCCC(=O)c1cc(F)ccc1OC. The van der Waals surface area contributed by atoms with Gasteiger partial charge in [0.25, 0.3) is 0 Å². The lowest BCUT2D eigenvalue weighted by Crippen LogP contribution is -2.17. The van der Waals surface area contributed by atoms with Crippen molar-refractivity contribution in [2.45, 2.75) is 13.3 Å². The largest absolute Gasteiger partial charge is 0.496 e. The second-order valence-corrected chi connectivity index (χ2v) is 3.37. The normalized spacial score (nSPS) is 10.2. The van der Waals surface area contributed by atoms with Crippen molar-refractivity contribution in [3.63, 3.8) is 0 Å². The van der Waals surface area contributed by atoms with Crippen LogP contribution in [0.4, 0.5) is 4.39 Å². The van der Waals surface area contributed by atoms with Crippen molar-refractivity contribution >= 4 is 5.78 Å². The molecule has 3 nitrogen and oxygen atoms in total. The maximum Gasteiger partial charge on any atom is 0.167 e. The highest BCUT2D eigenvalue weighted by Gasteiger charge is 2.12. The monoisotopic (exact) mass is 225 g/mol. The van der Waals surface area contributed by atoms with E-state index in [2.05, 4.69) is 5.32 Å². The van der Waals surface area contributed by atoms with Gasteiger partial charge in [0.1, 0.15) is 11.6 Å². The number of methoxy groups -OCH3 is 1. The van der Waals surface area contributed by atoms with Crippen LogP contribution in [0.25, 0.3) is 0 Å². The second-order valence-electron chi connectivity index (χ2n) is 3.37. The van der Waals surface area contributed by atoms with Gasteiger partial charge in [-0.1, -0.05) is 6.92 Å². The van der Waals surface area contributed by atoms with Gasteiger partial charge < -0.3 is 10.1 Å². The minimum absolute atomic E-state index is 0.114. The highest BCUT2D eigenvalue weighted by atomic mass is 19.1. The van der Waals surface area contributed by atoms with Gasteiger partial charge in [0.15, 0.2) is 5.78 Å². The summed E-state index contributed by atoms with van der Waals surface area (Å²) in [6.45, 7) is 3.37. The molecule has 0 saturated carbocycles. The fourth-order valence-electron chi connectivity index (χ4n) is 1.41. The molecule has 1 aromatic carbocycles. The van der Waals surface area contributed by atoms with E-state index in [1.807, 2.05) is 6.92 Å². The summed E-state index contributed by atoms with van der Waals surface area (Å²) in [6, 6.07) is 3.96. The Morgan fingerprint density at radius 1 is 1.50 bits per heavy atom. The van der Waals surface area contributed by atoms with Crippen LogP contribution in [0.3, 0.4) is 0 Å². The maximum absolute atomic E-state index is 13.0. The van der Waals surface area contributed by atoms with E-state index in [0.29, 0.717) is 24.3 Å². The first-order chi connectivity index (χ1) is 7.69. The number of rotatable bonds is 6. The van der Waals surface area contributed by atoms with Crippen LogP contribution in [0.15, 0.2) is 18.2 Å². The van der Waals surface area contributed by atoms with E-state index in [1.54, 1.807) is 0 Å². The molecule has 0 atom stereocenters. The van der Waals surface area contributed by atoms with Crippen molar-refractivity contribution in [3.05, 3.63) is 29.6 Å². The van der Waals surface area contributed by atoms with E-state index >= 15 is 0 Å². The summed E-state index contributed by atoms with van der Waals surface area (Å²) in [5, 5.41) is 3.05. The van der Waals surface area contributed by atoms with Crippen LogP contribution in [0.5, 0.6) is 5.75 Å². The molecule has 0 aliphatic rings. The van der Waals surface area contributed by atoms with Crippen LogP contribution < -0.4 is 10.1 Å². The number of carbonyl (C=O) groups excluding carboxylic acids is 1. The van der Waals surface area contributed by atoms with Crippen LogP contribution in [-0.4, -0.2) is 26.0 Å². The average molecular weight is 225 g/mol. The van der Waals surface area contributed by atoms with Crippen molar-refractivity contribution < 1.29 is 13.9 Å². The average Bonchev–Trinajstić information content (AvgIpc) is 2.29. The summed E-state index contributed by atoms with van der Waals surface area (Å²) < 4.78 is 18.0. The van der Waals surface area contributed by atoms with Crippen molar-refractivity contribution in [2.75, 3.05) is 20.2 Å². The van der Waals surface area contributed by atoms with E-state index in [1.165, 1.54) is 25.3 Å². The first-order valence-electron chi connectivity index (χ1n) is 5.26. The zero-order valence-electron chi connectivity index (χ0n) is 9.55. The van der Waals surface area contributed by atoms with Gasteiger partial charge in [-0.05, 0) is 24.7 Å². The van der Waals surface area contributed by atoms with Crippen LogP contribution in [0.1, 0.15) is 23.7 Å². The van der Waals surface area contributed by atoms with E-state index in [-0.39, 0.29) is 5.78 Å². The number of ether oxygens (including phenoxy) is 1. The summed E-state index contributed by atoms with van der Waals surface area (Å²) in [7, 11) is 1.47. The first kappa shape index (κ1) is 12.6. The van der Waals surface area contributed by atoms with Crippen molar-refractivity contribution in [2.24, 2.45) is 0 Å². The van der Waals surface area contributed by atoms with Crippen LogP contribution in [-0.2, 0) is 0 Å². The predicted octanol–water partition coefficient (Wildman–Crippen LogP) is 2.02. The third-order valence-corrected chi connectivity index (χ3v) is 2.24. The molecule has 0 spiro atoms. The molecule has 0 amide bonds. The molecule has 1 aromatic rings. The summed E-state index contributed by atoms with van der Waals surface area (Å²) in [5.41, 5.74) is 0.306. The predicted molar refractivity (Wildman–Crippen MR) is 60.4 cm³/mol. The van der Waals surface area contributed by atoms with Gasteiger partial charge in [-0.25, -0.2) is 4.39 Å². The van der Waals surface area contributed by atoms with E-state index in [9.17, 15) is 9.18 Å². The second kappa shape index (κ2) is 6.23. The Labute approximate surface area is 94.6 Å². The number of carbonyl (C=O) groups is 1. The lowest BCUT2D eigenvalue weighted by atomic mass is 10.1.